The summed E-state index contributed by atoms with van der Waals surface area (Å²) >= 11 is 0. The Morgan fingerprint density at radius 3 is 2.73 bits per heavy atom. The lowest BCUT2D eigenvalue weighted by molar-refractivity contribution is 0.182. The maximum Gasteiger partial charge on any atom is 0.319 e. The number of halogens is 1. The molecule has 1 aliphatic rings. The fraction of sp³-hybridized carbons (Fsp3) is 0.350. The van der Waals surface area contributed by atoms with Crippen LogP contribution in [0.5, 0.6) is 5.75 Å². The third-order valence-corrected chi connectivity index (χ3v) is 4.54. The number of nitrogens with one attached hydrogen (secondary N) is 2. The van der Waals surface area contributed by atoms with Crippen molar-refractivity contribution in [2.75, 3.05) is 25.5 Å². The van der Waals surface area contributed by atoms with E-state index in [1.807, 2.05) is 12.1 Å². The number of ether oxygens (including phenoxy) is 1. The molecule has 2 amide bonds. The van der Waals surface area contributed by atoms with Crippen molar-refractivity contribution in [3.05, 3.63) is 59.9 Å². The Balaban J connectivity index is 1.51. The standard InChI is InChI=1S/C20H24FN3O2/c1-26-18-10-8-16(9-11-18)22-20(25)23-17-6-4-12-24(14-17)13-15-5-2-3-7-19(15)21/h2-3,5,7-11,17H,4,6,12-14H2,1H3,(H2,22,23,25)/t17-/m1/s1. The molecular weight excluding hydrogens is 333 g/mol. The number of benzene rings is 2. The minimum absolute atomic E-state index is 0.0498. The number of anilines is 1. The lowest BCUT2D eigenvalue weighted by atomic mass is 10.0. The van der Waals surface area contributed by atoms with Gasteiger partial charge in [0.25, 0.3) is 0 Å². The highest BCUT2D eigenvalue weighted by Gasteiger charge is 2.22. The smallest absolute Gasteiger partial charge is 0.319 e. The molecule has 2 aromatic rings. The van der Waals surface area contributed by atoms with Crippen LogP contribution in [0, 0.1) is 5.82 Å². The SMILES string of the molecule is COc1ccc(NC(=O)N[C@@H]2CCCN(Cc3ccccc3F)C2)cc1. The van der Waals surface area contributed by atoms with E-state index in [-0.39, 0.29) is 17.9 Å². The molecule has 1 heterocycles. The molecule has 0 bridgehead atoms. The van der Waals surface area contributed by atoms with Gasteiger partial charge in [-0.05, 0) is 49.7 Å². The molecule has 0 aromatic heterocycles. The minimum Gasteiger partial charge on any atom is -0.497 e. The zero-order valence-corrected chi connectivity index (χ0v) is 14.9. The van der Waals surface area contributed by atoms with Gasteiger partial charge in [0.1, 0.15) is 11.6 Å². The van der Waals surface area contributed by atoms with E-state index in [0.29, 0.717) is 24.3 Å². The molecule has 2 aromatic carbocycles. The predicted molar refractivity (Wildman–Crippen MR) is 99.8 cm³/mol. The molecule has 2 N–H and O–H groups in total. The molecule has 0 unspecified atom stereocenters. The largest absolute Gasteiger partial charge is 0.497 e. The molecule has 0 saturated carbocycles. The second-order valence-electron chi connectivity index (χ2n) is 6.49. The maximum atomic E-state index is 13.8. The molecule has 26 heavy (non-hydrogen) atoms. The van der Waals surface area contributed by atoms with Gasteiger partial charge in [-0.25, -0.2) is 9.18 Å². The Morgan fingerprint density at radius 2 is 2.00 bits per heavy atom. The van der Waals surface area contributed by atoms with Crippen molar-refractivity contribution in [3.8, 4) is 5.75 Å². The summed E-state index contributed by atoms with van der Waals surface area (Å²) in [5.41, 5.74) is 1.40. The average Bonchev–Trinajstić information content (AvgIpc) is 2.64. The van der Waals surface area contributed by atoms with E-state index in [0.717, 1.165) is 25.1 Å². The van der Waals surface area contributed by atoms with E-state index >= 15 is 0 Å². The first-order chi connectivity index (χ1) is 12.6. The number of rotatable bonds is 5. The molecule has 1 aliphatic heterocycles. The Bertz CT molecular complexity index is 736. The second-order valence-corrected chi connectivity index (χ2v) is 6.49. The number of methoxy groups -OCH3 is 1. The number of likely N-dealkylation sites (tertiary alicyclic amines) is 1. The van der Waals surface area contributed by atoms with Crippen molar-refractivity contribution in [2.24, 2.45) is 0 Å². The topological polar surface area (TPSA) is 53.6 Å². The van der Waals surface area contributed by atoms with E-state index in [4.69, 9.17) is 4.74 Å². The number of carbonyl (C=O) groups excluding carboxylic acids is 1. The van der Waals surface area contributed by atoms with Gasteiger partial charge in [0.2, 0.25) is 0 Å². The van der Waals surface area contributed by atoms with E-state index in [1.165, 1.54) is 6.07 Å². The number of urea groups is 1. The highest BCUT2D eigenvalue weighted by Crippen LogP contribution is 2.17. The number of carbonyl (C=O) groups is 1. The van der Waals surface area contributed by atoms with Gasteiger partial charge in [-0.1, -0.05) is 18.2 Å². The summed E-state index contributed by atoms with van der Waals surface area (Å²) in [6, 6.07) is 13.8. The van der Waals surface area contributed by atoms with E-state index in [9.17, 15) is 9.18 Å². The van der Waals surface area contributed by atoms with Gasteiger partial charge >= 0.3 is 6.03 Å². The second kappa shape index (κ2) is 8.67. The normalized spacial score (nSPS) is 17.5. The first kappa shape index (κ1) is 18.2. The number of nitrogens with zero attached hydrogens (tertiary/aromatic N) is 1. The van der Waals surface area contributed by atoms with Crippen LogP contribution in [0.3, 0.4) is 0 Å². The average molecular weight is 357 g/mol. The minimum atomic E-state index is -0.229. The predicted octanol–water partition coefficient (Wildman–Crippen LogP) is 3.62. The van der Waals surface area contributed by atoms with Crippen molar-refractivity contribution in [1.29, 1.82) is 0 Å². The summed E-state index contributed by atoms with van der Waals surface area (Å²) in [4.78, 5) is 14.4. The summed E-state index contributed by atoms with van der Waals surface area (Å²) in [5, 5.41) is 5.84. The first-order valence-corrected chi connectivity index (χ1v) is 8.81. The molecular formula is C20H24FN3O2. The van der Waals surface area contributed by atoms with Gasteiger partial charge in [-0.2, -0.15) is 0 Å². The molecule has 0 aliphatic carbocycles. The number of hydrogen-bond acceptors (Lipinski definition) is 3. The van der Waals surface area contributed by atoms with Crippen LogP contribution in [0.1, 0.15) is 18.4 Å². The van der Waals surface area contributed by atoms with E-state index in [1.54, 1.807) is 37.4 Å². The Labute approximate surface area is 153 Å². The van der Waals surface area contributed by atoms with Crippen molar-refractivity contribution in [3.63, 3.8) is 0 Å². The summed E-state index contributed by atoms with van der Waals surface area (Å²) in [7, 11) is 1.60. The summed E-state index contributed by atoms with van der Waals surface area (Å²) in [6.45, 7) is 2.18. The Morgan fingerprint density at radius 1 is 1.23 bits per heavy atom. The molecule has 1 fully saturated rings. The van der Waals surface area contributed by atoms with Crippen molar-refractivity contribution in [2.45, 2.75) is 25.4 Å². The molecule has 0 radical (unpaired) electrons. The van der Waals surface area contributed by atoms with Gasteiger partial charge in [0.05, 0.1) is 7.11 Å². The van der Waals surface area contributed by atoms with Gasteiger partial charge in [-0.15, -0.1) is 0 Å². The maximum absolute atomic E-state index is 13.8. The van der Waals surface area contributed by atoms with Crippen LogP contribution in [0.2, 0.25) is 0 Å². The molecule has 5 nitrogen and oxygen atoms in total. The Hall–Kier alpha value is -2.60. The molecule has 0 spiro atoms. The summed E-state index contributed by atoms with van der Waals surface area (Å²) in [5.74, 6) is 0.562. The number of amides is 2. The van der Waals surface area contributed by atoms with Crippen molar-refractivity contribution >= 4 is 11.7 Å². The van der Waals surface area contributed by atoms with Crippen LogP contribution in [0.15, 0.2) is 48.5 Å². The Kier molecular flexibility index (Phi) is 6.07. The highest BCUT2D eigenvalue weighted by atomic mass is 19.1. The molecule has 3 rings (SSSR count). The number of piperidine rings is 1. The van der Waals surface area contributed by atoms with Gasteiger partial charge in [0, 0.05) is 30.4 Å². The van der Waals surface area contributed by atoms with Crippen molar-refractivity contribution < 1.29 is 13.9 Å². The first-order valence-electron chi connectivity index (χ1n) is 8.81. The monoisotopic (exact) mass is 357 g/mol. The zero-order chi connectivity index (χ0) is 18.4. The van der Waals surface area contributed by atoms with Gasteiger partial charge in [-0.3, -0.25) is 4.90 Å². The van der Waals surface area contributed by atoms with Crippen LogP contribution in [0.4, 0.5) is 14.9 Å². The lowest BCUT2D eigenvalue weighted by Gasteiger charge is -2.33. The van der Waals surface area contributed by atoms with Crippen LogP contribution >= 0.6 is 0 Å². The van der Waals surface area contributed by atoms with Crippen LogP contribution in [0.25, 0.3) is 0 Å². The molecule has 1 atom stereocenters. The third kappa shape index (κ3) is 4.95. The van der Waals surface area contributed by atoms with Gasteiger partial charge < -0.3 is 15.4 Å². The van der Waals surface area contributed by atoms with E-state index < -0.39 is 0 Å². The van der Waals surface area contributed by atoms with Gasteiger partial charge in [0.15, 0.2) is 0 Å². The summed E-state index contributed by atoms with van der Waals surface area (Å²) < 4.78 is 18.9. The quantitative estimate of drug-likeness (QED) is 0.859. The van der Waals surface area contributed by atoms with E-state index in [2.05, 4.69) is 15.5 Å². The third-order valence-electron chi connectivity index (χ3n) is 4.54. The van der Waals surface area contributed by atoms with Crippen LogP contribution < -0.4 is 15.4 Å². The fourth-order valence-corrected chi connectivity index (χ4v) is 3.21. The molecule has 6 heteroatoms. The zero-order valence-electron chi connectivity index (χ0n) is 14.9. The van der Waals surface area contributed by atoms with Crippen LogP contribution in [-0.2, 0) is 6.54 Å². The van der Waals surface area contributed by atoms with Crippen LogP contribution in [-0.4, -0.2) is 37.2 Å². The lowest BCUT2D eigenvalue weighted by Crippen LogP contribution is -2.48. The number of hydrogen-bond donors (Lipinski definition) is 2. The van der Waals surface area contributed by atoms with Crippen molar-refractivity contribution in [1.82, 2.24) is 10.2 Å². The fourth-order valence-electron chi connectivity index (χ4n) is 3.21. The summed E-state index contributed by atoms with van der Waals surface area (Å²) in [6.07, 6.45) is 1.89. The molecule has 138 valence electrons. The molecule has 1 saturated heterocycles. The highest BCUT2D eigenvalue weighted by molar-refractivity contribution is 5.89.